The van der Waals surface area contributed by atoms with Crippen LogP contribution in [0.5, 0.6) is 0 Å². The summed E-state index contributed by atoms with van der Waals surface area (Å²) in [5.74, 6) is -0.0656. The Labute approximate surface area is 128 Å². The van der Waals surface area contributed by atoms with Gasteiger partial charge in [0.1, 0.15) is 6.29 Å². The van der Waals surface area contributed by atoms with Crippen LogP contribution in [0, 0.1) is 5.92 Å². The van der Waals surface area contributed by atoms with Crippen molar-refractivity contribution in [2.75, 3.05) is 0 Å². The minimum atomic E-state index is -0.0656. The molecule has 2 nitrogen and oxygen atoms in total. The smallest absolute Gasteiger partial charge is 0.123 e. The second-order valence-electron chi connectivity index (χ2n) is 5.26. The Hall–Kier alpha value is -2.06. The van der Waals surface area contributed by atoms with Crippen molar-refractivity contribution in [3.63, 3.8) is 0 Å². The Morgan fingerprint density at radius 2 is 1.71 bits per heavy atom. The molecule has 0 spiro atoms. The molecule has 0 aliphatic carbocycles. The summed E-state index contributed by atoms with van der Waals surface area (Å²) in [7, 11) is 0. The number of H-pyrrole nitrogens is 1. The Morgan fingerprint density at radius 3 is 2.52 bits per heavy atom. The highest BCUT2D eigenvalue weighted by Gasteiger charge is 2.14. The van der Waals surface area contributed by atoms with Crippen LogP contribution >= 0.6 is 11.6 Å². The fourth-order valence-corrected chi connectivity index (χ4v) is 2.91. The molecule has 3 aromatic rings. The molecule has 1 atom stereocenters. The largest absolute Gasteiger partial charge is 0.361 e. The quantitative estimate of drug-likeness (QED) is 0.695. The number of hydrogen-bond donors (Lipinski definition) is 1. The number of rotatable bonds is 5. The fraction of sp³-hybridized carbons (Fsp3) is 0.167. The van der Waals surface area contributed by atoms with Crippen LogP contribution in [-0.4, -0.2) is 11.3 Å². The van der Waals surface area contributed by atoms with Gasteiger partial charge >= 0.3 is 0 Å². The van der Waals surface area contributed by atoms with E-state index >= 15 is 0 Å². The molecule has 1 N–H and O–H groups in total. The molecule has 21 heavy (non-hydrogen) atoms. The van der Waals surface area contributed by atoms with Crippen molar-refractivity contribution in [1.29, 1.82) is 0 Å². The first-order valence-electron chi connectivity index (χ1n) is 7.01. The number of aromatic amines is 1. The summed E-state index contributed by atoms with van der Waals surface area (Å²) in [5, 5.41) is 1.91. The predicted octanol–water partition coefficient (Wildman–Crippen LogP) is 4.42. The van der Waals surface area contributed by atoms with Crippen molar-refractivity contribution in [3.8, 4) is 0 Å². The van der Waals surface area contributed by atoms with Gasteiger partial charge in [-0.3, -0.25) is 0 Å². The molecule has 0 aliphatic rings. The van der Waals surface area contributed by atoms with Crippen LogP contribution in [0.3, 0.4) is 0 Å². The Balaban J connectivity index is 1.82. The molecule has 3 heteroatoms. The topological polar surface area (TPSA) is 32.9 Å². The molecule has 1 heterocycles. The fourth-order valence-electron chi connectivity index (χ4n) is 2.70. The molecular formula is C18H16ClNO. The maximum Gasteiger partial charge on any atom is 0.123 e. The van der Waals surface area contributed by atoms with Crippen molar-refractivity contribution in [2.45, 2.75) is 12.8 Å². The minimum Gasteiger partial charge on any atom is -0.361 e. The van der Waals surface area contributed by atoms with E-state index < -0.39 is 0 Å². The third-order valence-corrected chi connectivity index (χ3v) is 4.16. The maximum atomic E-state index is 11.4. The van der Waals surface area contributed by atoms with E-state index in [4.69, 9.17) is 11.6 Å². The van der Waals surface area contributed by atoms with E-state index in [1.54, 1.807) is 0 Å². The highest BCUT2D eigenvalue weighted by molar-refractivity contribution is 6.31. The average molecular weight is 298 g/mol. The van der Waals surface area contributed by atoms with Crippen LogP contribution in [-0.2, 0) is 17.6 Å². The zero-order chi connectivity index (χ0) is 14.7. The predicted molar refractivity (Wildman–Crippen MR) is 86.7 cm³/mol. The van der Waals surface area contributed by atoms with Gasteiger partial charge in [0.15, 0.2) is 0 Å². The lowest BCUT2D eigenvalue weighted by Crippen LogP contribution is -2.10. The molecule has 0 radical (unpaired) electrons. The van der Waals surface area contributed by atoms with Crippen molar-refractivity contribution < 1.29 is 4.79 Å². The Morgan fingerprint density at radius 1 is 1.00 bits per heavy atom. The maximum absolute atomic E-state index is 11.4. The second-order valence-corrected chi connectivity index (χ2v) is 5.66. The first-order chi connectivity index (χ1) is 10.3. The summed E-state index contributed by atoms with van der Waals surface area (Å²) in [5.41, 5.74) is 3.31. The van der Waals surface area contributed by atoms with Crippen molar-refractivity contribution in [1.82, 2.24) is 4.98 Å². The number of carbonyl (C=O) groups excluding carboxylic acids is 1. The van der Waals surface area contributed by atoms with Gasteiger partial charge in [0.25, 0.3) is 0 Å². The summed E-state index contributed by atoms with van der Waals surface area (Å²) in [6.07, 6.45) is 4.42. The van der Waals surface area contributed by atoms with Gasteiger partial charge in [-0.1, -0.05) is 48.0 Å². The average Bonchev–Trinajstić information content (AvgIpc) is 2.92. The molecule has 0 saturated carbocycles. The zero-order valence-corrected chi connectivity index (χ0v) is 12.3. The standard InChI is InChI=1S/C18H16ClNO/c19-17-7-3-1-5-14(17)9-13(12-21)10-15-11-20-18-8-4-2-6-16(15)18/h1-8,11-13,20H,9-10H2. The Kier molecular flexibility index (Phi) is 4.07. The molecule has 0 amide bonds. The molecule has 1 aromatic heterocycles. The number of aromatic nitrogens is 1. The van der Waals surface area contributed by atoms with Crippen molar-refractivity contribution >= 4 is 28.8 Å². The third-order valence-electron chi connectivity index (χ3n) is 3.79. The number of hydrogen-bond acceptors (Lipinski definition) is 1. The molecule has 0 saturated heterocycles. The highest BCUT2D eigenvalue weighted by Crippen LogP contribution is 2.24. The van der Waals surface area contributed by atoms with E-state index in [-0.39, 0.29) is 5.92 Å². The van der Waals surface area contributed by atoms with E-state index in [2.05, 4.69) is 11.1 Å². The molecule has 2 aromatic carbocycles. The zero-order valence-electron chi connectivity index (χ0n) is 11.6. The Bertz CT molecular complexity index is 763. The van der Waals surface area contributed by atoms with E-state index in [1.165, 1.54) is 10.9 Å². The summed E-state index contributed by atoms with van der Waals surface area (Å²) in [4.78, 5) is 14.7. The van der Waals surface area contributed by atoms with E-state index in [9.17, 15) is 4.79 Å². The minimum absolute atomic E-state index is 0.0656. The molecule has 1 unspecified atom stereocenters. The monoisotopic (exact) mass is 297 g/mol. The number of para-hydroxylation sites is 1. The lowest BCUT2D eigenvalue weighted by molar-refractivity contribution is -0.111. The van der Waals surface area contributed by atoms with Crippen LogP contribution in [0.15, 0.2) is 54.7 Å². The number of benzene rings is 2. The van der Waals surface area contributed by atoms with E-state index in [1.807, 2.05) is 48.7 Å². The normalized spacial score (nSPS) is 12.4. The number of halogens is 1. The van der Waals surface area contributed by atoms with Gasteiger partial charge in [-0.25, -0.2) is 0 Å². The number of nitrogens with one attached hydrogen (secondary N) is 1. The first-order valence-corrected chi connectivity index (χ1v) is 7.39. The van der Waals surface area contributed by atoms with Crippen LogP contribution < -0.4 is 0 Å². The van der Waals surface area contributed by atoms with Gasteiger partial charge in [0.05, 0.1) is 0 Å². The third kappa shape index (κ3) is 3.01. The van der Waals surface area contributed by atoms with Crippen LogP contribution in [0.25, 0.3) is 10.9 Å². The molecule has 0 aliphatic heterocycles. The molecule has 3 rings (SSSR count). The van der Waals surface area contributed by atoms with Crippen LogP contribution in [0.4, 0.5) is 0 Å². The van der Waals surface area contributed by atoms with Gasteiger partial charge in [-0.15, -0.1) is 0 Å². The molecule has 106 valence electrons. The van der Waals surface area contributed by atoms with Gasteiger partial charge in [0, 0.05) is 28.0 Å². The van der Waals surface area contributed by atoms with Gasteiger partial charge in [-0.2, -0.15) is 0 Å². The molecule has 0 bridgehead atoms. The van der Waals surface area contributed by atoms with E-state index in [0.717, 1.165) is 28.8 Å². The van der Waals surface area contributed by atoms with Gasteiger partial charge < -0.3 is 9.78 Å². The van der Waals surface area contributed by atoms with Gasteiger partial charge in [-0.05, 0) is 36.1 Å². The summed E-state index contributed by atoms with van der Waals surface area (Å²) in [6.45, 7) is 0. The second kappa shape index (κ2) is 6.15. The SMILES string of the molecule is O=CC(Cc1ccccc1Cl)Cc1c[nH]c2ccccc12. The van der Waals surface area contributed by atoms with E-state index in [0.29, 0.717) is 6.42 Å². The van der Waals surface area contributed by atoms with Crippen molar-refractivity contribution in [2.24, 2.45) is 5.92 Å². The lowest BCUT2D eigenvalue weighted by atomic mass is 9.93. The summed E-state index contributed by atoms with van der Waals surface area (Å²) >= 11 is 6.18. The van der Waals surface area contributed by atoms with Crippen LogP contribution in [0.2, 0.25) is 5.02 Å². The summed E-state index contributed by atoms with van der Waals surface area (Å²) < 4.78 is 0. The number of aldehydes is 1. The summed E-state index contributed by atoms with van der Waals surface area (Å²) in [6, 6.07) is 15.9. The number of carbonyl (C=O) groups is 1. The number of fused-ring (bicyclic) bond motifs is 1. The van der Waals surface area contributed by atoms with Gasteiger partial charge in [0.2, 0.25) is 0 Å². The van der Waals surface area contributed by atoms with Crippen LogP contribution in [0.1, 0.15) is 11.1 Å². The molecular weight excluding hydrogens is 282 g/mol. The molecule has 0 fully saturated rings. The highest BCUT2D eigenvalue weighted by atomic mass is 35.5. The lowest BCUT2D eigenvalue weighted by Gasteiger charge is -2.11. The first kappa shape index (κ1) is 13.9. The van der Waals surface area contributed by atoms with Crippen molar-refractivity contribution in [3.05, 3.63) is 70.9 Å².